The van der Waals surface area contributed by atoms with Gasteiger partial charge in [0, 0.05) is 23.1 Å². The molecule has 1 aromatic carbocycles. The molecule has 0 atom stereocenters. The number of nitrogens with zero attached hydrogens (tertiary/aromatic N) is 3. The van der Waals surface area contributed by atoms with Gasteiger partial charge in [-0.2, -0.15) is 0 Å². The molecule has 1 aliphatic rings. The highest BCUT2D eigenvalue weighted by molar-refractivity contribution is 7.15. The monoisotopic (exact) mass is 372 g/mol. The maximum absolute atomic E-state index is 12.6. The Balaban J connectivity index is 1.59. The van der Waals surface area contributed by atoms with Crippen LogP contribution in [-0.4, -0.2) is 54.9 Å². The minimum Gasteiger partial charge on any atom is -0.310 e. The summed E-state index contributed by atoms with van der Waals surface area (Å²) in [6.07, 6.45) is 5.60. The van der Waals surface area contributed by atoms with Gasteiger partial charge in [-0.05, 0) is 55.9 Å². The summed E-state index contributed by atoms with van der Waals surface area (Å²) in [5, 5.41) is 4.22. The van der Waals surface area contributed by atoms with Crippen LogP contribution in [0.25, 0.3) is 21.2 Å². The summed E-state index contributed by atoms with van der Waals surface area (Å²) >= 11 is 1.65. The second-order valence-corrected chi connectivity index (χ2v) is 8.08. The van der Waals surface area contributed by atoms with E-state index in [1.165, 1.54) is 0 Å². The van der Waals surface area contributed by atoms with Gasteiger partial charge < -0.3 is 10.2 Å². The average Bonchev–Trinajstić information content (AvgIpc) is 3.33. The van der Waals surface area contributed by atoms with Crippen molar-refractivity contribution < 1.29 is 4.79 Å². The van der Waals surface area contributed by atoms with Gasteiger partial charge in [0.1, 0.15) is 5.82 Å². The van der Waals surface area contributed by atoms with E-state index < -0.39 is 11.2 Å². The Hall–Kier alpha value is -2.18. The van der Waals surface area contributed by atoms with E-state index in [1.807, 2.05) is 31.3 Å². The van der Waals surface area contributed by atoms with E-state index in [0.29, 0.717) is 5.82 Å². The topological polar surface area (TPSA) is 58.1 Å². The maximum Gasteiger partial charge on any atom is 0.227 e. The quantitative estimate of drug-likeness (QED) is 0.716. The molecular weight excluding hydrogens is 354 g/mol. The average molecular weight is 372 g/mol. The van der Waals surface area contributed by atoms with Gasteiger partial charge in [-0.1, -0.05) is 12.1 Å². The summed E-state index contributed by atoms with van der Waals surface area (Å²) in [5.74, 6) is -0.0184. The molecule has 0 bridgehead atoms. The molecule has 1 saturated heterocycles. The molecule has 0 unspecified atom stereocenters. The van der Waals surface area contributed by atoms with E-state index >= 15 is 0 Å². The van der Waals surface area contributed by atoms with Crippen molar-refractivity contribution in [2.75, 3.05) is 18.4 Å². The van der Waals surface area contributed by atoms with Crippen LogP contribution in [0, 0.1) is 6.92 Å². The molecule has 4 radical (unpaired) electrons. The van der Waals surface area contributed by atoms with E-state index in [4.69, 9.17) is 15.7 Å². The Morgan fingerprint density at radius 2 is 1.93 bits per heavy atom. The highest BCUT2D eigenvalue weighted by atomic mass is 32.1. The predicted octanol–water partition coefficient (Wildman–Crippen LogP) is 2.69. The Morgan fingerprint density at radius 1 is 1.15 bits per heavy atom. The number of hydrogen-bond acceptors (Lipinski definition) is 5. The molecule has 0 aliphatic carbocycles. The summed E-state index contributed by atoms with van der Waals surface area (Å²) in [5.41, 5.74) is 1.08. The van der Waals surface area contributed by atoms with E-state index in [0.717, 1.165) is 52.2 Å². The van der Waals surface area contributed by atoms with Gasteiger partial charge in [-0.15, -0.1) is 11.3 Å². The molecule has 1 fully saturated rings. The first kappa shape index (κ1) is 18.2. The van der Waals surface area contributed by atoms with E-state index in [9.17, 15) is 4.79 Å². The summed E-state index contributed by atoms with van der Waals surface area (Å²) in [7, 11) is 12.2. The lowest BCUT2D eigenvalue weighted by Crippen LogP contribution is -2.57. The zero-order chi connectivity index (χ0) is 19.0. The summed E-state index contributed by atoms with van der Waals surface area (Å²) in [6, 6.07) is 7.97. The number of aromatic nitrogens is 2. The number of likely N-dealkylation sites (tertiary alicyclic amines) is 1. The molecule has 132 valence electrons. The number of thiazole rings is 1. The second-order valence-electron chi connectivity index (χ2n) is 6.85. The van der Waals surface area contributed by atoms with Crippen molar-refractivity contribution in [3.05, 3.63) is 41.7 Å². The molecule has 5 nitrogen and oxygen atoms in total. The van der Waals surface area contributed by atoms with Gasteiger partial charge in [0.05, 0.1) is 25.6 Å². The first-order chi connectivity index (χ1) is 12.9. The molecule has 1 aliphatic heterocycles. The van der Waals surface area contributed by atoms with Gasteiger partial charge in [0.25, 0.3) is 0 Å². The number of carbonyl (C=O) groups is 1. The molecule has 1 N–H and O–H groups in total. The van der Waals surface area contributed by atoms with Crippen molar-refractivity contribution in [2.45, 2.75) is 25.1 Å². The largest absolute Gasteiger partial charge is 0.310 e. The van der Waals surface area contributed by atoms with E-state index in [1.54, 1.807) is 22.4 Å². The summed E-state index contributed by atoms with van der Waals surface area (Å²) < 4.78 is 0. The number of benzene rings is 1. The third-order valence-electron chi connectivity index (χ3n) is 4.86. The van der Waals surface area contributed by atoms with E-state index in [-0.39, 0.29) is 0 Å². The van der Waals surface area contributed by atoms with Crippen LogP contribution >= 0.6 is 11.3 Å². The van der Waals surface area contributed by atoms with E-state index in [2.05, 4.69) is 21.4 Å². The van der Waals surface area contributed by atoms with Gasteiger partial charge in [0.2, 0.25) is 5.91 Å². The molecule has 3 heterocycles. The standard InChI is InChI=1S/C19H18B2N4OS/c1-12-22-11-16(27-12)13-4-5-14-10-23-17(9-15(14)8-13)24-18(26)19(20,21)25-6-2-3-7-25/h4-5,8-11H,2-3,6-7H2,1H3,(H,23,24,26). The van der Waals surface area contributed by atoms with Crippen LogP contribution in [0.1, 0.15) is 17.8 Å². The van der Waals surface area contributed by atoms with Crippen molar-refractivity contribution in [3.8, 4) is 10.4 Å². The number of nitrogens with one attached hydrogen (secondary N) is 1. The SMILES string of the molecule is [B]C([B])(C(=O)Nc1cc2cc(-c3cnc(C)s3)ccc2cn1)N1CCCC1. The van der Waals surface area contributed by atoms with Crippen molar-refractivity contribution in [3.63, 3.8) is 0 Å². The fourth-order valence-electron chi connectivity index (χ4n) is 3.30. The smallest absolute Gasteiger partial charge is 0.227 e. The van der Waals surface area contributed by atoms with Gasteiger partial charge in [-0.25, -0.2) is 9.97 Å². The Bertz CT molecular complexity index is 998. The third-order valence-corrected chi connectivity index (χ3v) is 5.82. The van der Waals surface area contributed by atoms with Crippen LogP contribution in [0.3, 0.4) is 0 Å². The minimum absolute atomic E-state index is 0.435. The lowest BCUT2D eigenvalue weighted by atomic mass is 9.60. The van der Waals surface area contributed by atoms with Gasteiger partial charge >= 0.3 is 0 Å². The summed E-state index contributed by atoms with van der Waals surface area (Å²) in [4.78, 5) is 24.1. The number of carbonyl (C=O) groups excluding carboxylic acids is 1. The van der Waals surface area contributed by atoms with Crippen LogP contribution in [0.4, 0.5) is 5.82 Å². The second kappa shape index (κ2) is 7.09. The van der Waals surface area contributed by atoms with Gasteiger partial charge in [0.15, 0.2) is 0 Å². The van der Waals surface area contributed by atoms with Crippen LogP contribution in [0.5, 0.6) is 0 Å². The maximum atomic E-state index is 12.6. The van der Waals surface area contributed by atoms with Crippen molar-refractivity contribution >= 4 is 49.5 Å². The molecule has 1 amide bonds. The first-order valence-corrected chi connectivity index (χ1v) is 9.72. The molecule has 0 spiro atoms. The van der Waals surface area contributed by atoms with Gasteiger partial charge in [-0.3, -0.25) is 4.79 Å². The molecule has 2 aromatic heterocycles. The number of rotatable bonds is 4. The van der Waals surface area contributed by atoms with Crippen LogP contribution in [-0.2, 0) is 4.79 Å². The Kier molecular flexibility index (Phi) is 4.78. The highest BCUT2D eigenvalue weighted by Gasteiger charge is 2.34. The number of pyridine rings is 1. The normalized spacial score (nSPS) is 15.3. The van der Waals surface area contributed by atoms with Crippen molar-refractivity contribution in [2.24, 2.45) is 0 Å². The predicted molar refractivity (Wildman–Crippen MR) is 111 cm³/mol. The molecular formula is C19H18B2N4OS. The fourth-order valence-corrected chi connectivity index (χ4v) is 4.08. The van der Waals surface area contributed by atoms with Crippen LogP contribution in [0.15, 0.2) is 36.7 Å². The number of anilines is 1. The highest BCUT2D eigenvalue weighted by Crippen LogP contribution is 2.29. The molecule has 4 rings (SSSR count). The summed E-state index contributed by atoms with van der Waals surface area (Å²) in [6.45, 7) is 3.44. The number of fused-ring (bicyclic) bond motifs is 1. The Labute approximate surface area is 165 Å². The van der Waals surface area contributed by atoms with Crippen LogP contribution < -0.4 is 5.32 Å². The molecule has 3 aromatic rings. The Morgan fingerprint density at radius 3 is 2.63 bits per heavy atom. The zero-order valence-electron chi connectivity index (χ0n) is 15.1. The molecule has 8 heteroatoms. The minimum atomic E-state index is -1.53. The number of amides is 1. The van der Waals surface area contributed by atoms with Crippen molar-refractivity contribution in [1.82, 2.24) is 14.9 Å². The number of hydrogen-bond donors (Lipinski definition) is 1. The third kappa shape index (κ3) is 3.64. The zero-order valence-corrected chi connectivity index (χ0v) is 15.9. The lowest BCUT2D eigenvalue weighted by Gasteiger charge is -2.35. The fraction of sp³-hybridized carbons (Fsp3) is 0.316. The first-order valence-electron chi connectivity index (χ1n) is 8.90. The molecule has 27 heavy (non-hydrogen) atoms. The number of aryl methyl sites for hydroxylation is 1. The van der Waals surface area contributed by atoms with Crippen molar-refractivity contribution in [1.29, 1.82) is 0 Å². The lowest BCUT2D eigenvalue weighted by molar-refractivity contribution is -0.120. The van der Waals surface area contributed by atoms with Crippen LogP contribution in [0.2, 0.25) is 0 Å². The molecule has 0 saturated carbocycles.